The van der Waals surface area contributed by atoms with Crippen LogP contribution in [0.5, 0.6) is 0 Å². The summed E-state index contributed by atoms with van der Waals surface area (Å²) in [5.41, 5.74) is 2.65. The van der Waals surface area contributed by atoms with Crippen LogP contribution in [0.25, 0.3) is 11.3 Å². The van der Waals surface area contributed by atoms with Crippen molar-refractivity contribution in [3.05, 3.63) is 53.4 Å². The number of nitrogens with zero attached hydrogens (tertiary/aromatic N) is 4. The molecular formula is C18H16ClN5O2. The van der Waals surface area contributed by atoms with Crippen LogP contribution in [0.4, 0.5) is 11.6 Å². The van der Waals surface area contributed by atoms with Gasteiger partial charge in [0.25, 0.3) is 0 Å². The summed E-state index contributed by atoms with van der Waals surface area (Å²) < 4.78 is 6.65. The molecule has 0 bridgehead atoms. The number of carbonyl (C=O) groups is 1. The lowest BCUT2D eigenvalue weighted by Crippen LogP contribution is -2.01. The monoisotopic (exact) mass is 369 g/mol. The van der Waals surface area contributed by atoms with Crippen LogP contribution in [0.1, 0.15) is 29.2 Å². The summed E-state index contributed by atoms with van der Waals surface area (Å²) in [7, 11) is 1.35. The van der Waals surface area contributed by atoms with Gasteiger partial charge in [-0.1, -0.05) is 23.7 Å². The van der Waals surface area contributed by atoms with Gasteiger partial charge in [0.15, 0.2) is 0 Å². The van der Waals surface area contributed by atoms with E-state index in [1.54, 1.807) is 36.7 Å². The normalized spacial score (nSPS) is 13.5. The van der Waals surface area contributed by atoms with Gasteiger partial charge in [-0.25, -0.2) is 14.8 Å². The van der Waals surface area contributed by atoms with Crippen molar-refractivity contribution < 1.29 is 9.53 Å². The zero-order valence-corrected chi connectivity index (χ0v) is 14.8. The van der Waals surface area contributed by atoms with Crippen LogP contribution in [-0.4, -0.2) is 32.8 Å². The van der Waals surface area contributed by atoms with Gasteiger partial charge in [0, 0.05) is 11.8 Å². The third-order valence-corrected chi connectivity index (χ3v) is 4.38. The second kappa shape index (κ2) is 6.76. The lowest BCUT2D eigenvalue weighted by atomic mass is 10.1. The molecule has 2 aromatic heterocycles. The summed E-state index contributed by atoms with van der Waals surface area (Å²) in [6.07, 6.45) is 7.59. The predicted molar refractivity (Wildman–Crippen MR) is 97.6 cm³/mol. The van der Waals surface area contributed by atoms with Gasteiger partial charge in [0.05, 0.1) is 47.5 Å². The Bertz CT molecular complexity index is 950. The number of anilines is 2. The van der Waals surface area contributed by atoms with E-state index in [-0.39, 0.29) is 5.97 Å². The number of esters is 1. The molecule has 1 aromatic carbocycles. The summed E-state index contributed by atoms with van der Waals surface area (Å²) >= 11 is 6.26. The van der Waals surface area contributed by atoms with E-state index in [1.807, 2.05) is 10.9 Å². The van der Waals surface area contributed by atoms with Crippen LogP contribution >= 0.6 is 11.6 Å². The standard InChI is InChI=1S/C18H16ClN5O2/c1-26-17(25)12-4-2-11(3-5-12)16-15(19)9-20-18(23-16)22-13-8-21-24(10-13)14-6-7-14/h2-5,8-10,14H,6-7H2,1H3,(H,20,22,23). The molecule has 26 heavy (non-hydrogen) atoms. The van der Waals surface area contributed by atoms with E-state index < -0.39 is 0 Å². The highest BCUT2D eigenvalue weighted by Gasteiger charge is 2.24. The second-order valence-corrected chi connectivity index (χ2v) is 6.43. The van der Waals surface area contributed by atoms with E-state index in [9.17, 15) is 4.79 Å². The number of hydrogen-bond acceptors (Lipinski definition) is 6. The number of halogens is 1. The van der Waals surface area contributed by atoms with Crippen molar-refractivity contribution >= 4 is 29.2 Å². The third kappa shape index (κ3) is 3.39. The van der Waals surface area contributed by atoms with Crippen LogP contribution in [0.15, 0.2) is 42.9 Å². The Morgan fingerprint density at radius 1 is 1.27 bits per heavy atom. The number of ether oxygens (including phenoxy) is 1. The Balaban J connectivity index is 1.58. The molecule has 2 heterocycles. The van der Waals surface area contributed by atoms with Crippen LogP contribution in [0, 0.1) is 0 Å². The number of carbonyl (C=O) groups excluding carboxylic acids is 1. The second-order valence-electron chi connectivity index (χ2n) is 6.02. The summed E-state index contributed by atoms with van der Waals surface area (Å²) in [6.45, 7) is 0. The number of hydrogen-bond donors (Lipinski definition) is 1. The van der Waals surface area contributed by atoms with Gasteiger partial charge in [-0.15, -0.1) is 0 Å². The maximum absolute atomic E-state index is 11.5. The molecule has 3 aromatic rings. The molecule has 132 valence electrons. The van der Waals surface area contributed by atoms with E-state index in [0.717, 1.165) is 11.3 Å². The molecule has 0 radical (unpaired) electrons. The minimum Gasteiger partial charge on any atom is -0.465 e. The maximum atomic E-state index is 11.5. The summed E-state index contributed by atoms with van der Waals surface area (Å²) in [4.78, 5) is 20.3. The topological polar surface area (TPSA) is 81.9 Å². The van der Waals surface area contributed by atoms with E-state index in [1.165, 1.54) is 20.0 Å². The Labute approximate surface area is 155 Å². The number of aromatic nitrogens is 4. The van der Waals surface area contributed by atoms with E-state index in [4.69, 9.17) is 16.3 Å². The highest BCUT2D eigenvalue weighted by atomic mass is 35.5. The maximum Gasteiger partial charge on any atom is 0.337 e. The number of methoxy groups -OCH3 is 1. The predicted octanol–water partition coefficient (Wildman–Crippen LogP) is 3.86. The molecule has 0 amide bonds. The summed E-state index contributed by atoms with van der Waals surface area (Å²) in [6, 6.07) is 7.41. The van der Waals surface area contributed by atoms with Gasteiger partial charge in [0.1, 0.15) is 0 Å². The van der Waals surface area contributed by atoms with Crippen LogP contribution < -0.4 is 5.32 Å². The molecule has 4 rings (SSSR count). The van der Waals surface area contributed by atoms with Crippen molar-refractivity contribution in [3.63, 3.8) is 0 Å². The van der Waals surface area contributed by atoms with E-state index >= 15 is 0 Å². The van der Waals surface area contributed by atoms with Gasteiger partial charge >= 0.3 is 5.97 Å². The molecule has 0 spiro atoms. The van der Waals surface area contributed by atoms with Crippen molar-refractivity contribution in [1.82, 2.24) is 19.7 Å². The van der Waals surface area contributed by atoms with Crippen molar-refractivity contribution in [3.8, 4) is 11.3 Å². The number of nitrogens with one attached hydrogen (secondary N) is 1. The van der Waals surface area contributed by atoms with E-state index in [2.05, 4.69) is 20.4 Å². The van der Waals surface area contributed by atoms with Gasteiger partial charge in [-0.05, 0) is 25.0 Å². The molecule has 0 atom stereocenters. The molecule has 0 unspecified atom stereocenters. The van der Waals surface area contributed by atoms with Gasteiger partial charge in [-0.3, -0.25) is 4.68 Å². The SMILES string of the molecule is COC(=O)c1ccc(-c2nc(Nc3cnn(C4CC4)c3)ncc2Cl)cc1. The Hall–Kier alpha value is -2.93. The highest BCUT2D eigenvalue weighted by Crippen LogP contribution is 2.35. The molecular weight excluding hydrogens is 354 g/mol. The zero-order chi connectivity index (χ0) is 18.1. The summed E-state index contributed by atoms with van der Waals surface area (Å²) in [5.74, 6) is 0.0390. The summed E-state index contributed by atoms with van der Waals surface area (Å²) in [5, 5.41) is 7.91. The Morgan fingerprint density at radius 2 is 2.04 bits per heavy atom. The lowest BCUT2D eigenvalue weighted by Gasteiger charge is -2.08. The Morgan fingerprint density at radius 3 is 2.73 bits per heavy atom. The Kier molecular flexibility index (Phi) is 4.30. The first-order valence-electron chi connectivity index (χ1n) is 8.16. The van der Waals surface area contributed by atoms with Gasteiger partial charge < -0.3 is 10.1 Å². The first kappa shape index (κ1) is 16.5. The van der Waals surface area contributed by atoms with E-state index in [0.29, 0.717) is 28.3 Å². The molecule has 1 aliphatic rings. The largest absolute Gasteiger partial charge is 0.465 e. The smallest absolute Gasteiger partial charge is 0.337 e. The third-order valence-electron chi connectivity index (χ3n) is 4.10. The average Bonchev–Trinajstić information content (AvgIpc) is 3.42. The average molecular weight is 370 g/mol. The van der Waals surface area contributed by atoms with Crippen LogP contribution in [0.3, 0.4) is 0 Å². The van der Waals surface area contributed by atoms with Crippen LogP contribution in [0.2, 0.25) is 5.02 Å². The van der Waals surface area contributed by atoms with Crippen molar-refractivity contribution in [2.24, 2.45) is 0 Å². The molecule has 0 aliphatic heterocycles. The molecule has 8 heteroatoms. The molecule has 1 aliphatic carbocycles. The van der Waals surface area contributed by atoms with Crippen molar-refractivity contribution in [1.29, 1.82) is 0 Å². The minimum absolute atomic E-state index is 0.389. The quantitative estimate of drug-likeness (QED) is 0.688. The molecule has 0 saturated heterocycles. The first-order valence-corrected chi connectivity index (χ1v) is 8.54. The fraction of sp³-hybridized carbons (Fsp3) is 0.222. The molecule has 1 saturated carbocycles. The fourth-order valence-electron chi connectivity index (χ4n) is 2.58. The lowest BCUT2D eigenvalue weighted by molar-refractivity contribution is 0.0601. The highest BCUT2D eigenvalue weighted by molar-refractivity contribution is 6.32. The number of rotatable bonds is 5. The fourth-order valence-corrected chi connectivity index (χ4v) is 2.78. The van der Waals surface area contributed by atoms with Crippen molar-refractivity contribution in [2.75, 3.05) is 12.4 Å². The van der Waals surface area contributed by atoms with Crippen LogP contribution in [-0.2, 0) is 4.74 Å². The first-order chi connectivity index (χ1) is 12.6. The molecule has 1 fully saturated rings. The zero-order valence-electron chi connectivity index (χ0n) is 14.0. The molecule has 7 nitrogen and oxygen atoms in total. The van der Waals surface area contributed by atoms with Gasteiger partial charge in [-0.2, -0.15) is 5.10 Å². The van der Waals surface area contributed by atoms with Crippen molar-refractivity contribution in [2.45, 2.75) is 18.9 Å². The van der Waals surface area contributed by atoms with Gasteiger partial charge in [0.2, 0.25) is 5.95 Å². The number of benzene rings is 1. The minimum atomic E-state index is -0.389. The molecule has 1 N–H and O–H groups in total.